The van der Waals surface area contributed by atoms with E-state index in [-0.39, 0.29) is 6.42 Å². The molecule has 1 saturated heterocycles. The quantitative estimate of drug-likeness (QED) is 0.729. The van der Waals surface area contributed by atoms with Crippen LogP contribution in [0.25, 0.3) is 0 Å². The van der Waals surface area contributed by atoms with E-state index < -0.39 is 5.97 Å². The molecule has 1 N–H and O–H groups in total. The van der Waals surface area contributed by atoms with Crippen molar-refractivity contribution in [3.05, 3.63) is 12.3 Å². The first-order chi connectivity index (χ1) is 11.2. The summed E-state index contributed by atoms with van der Waals surface area (Å²) in [6.45, 7) is 7.30. The molecule has 0 bridgehead atoms. The molecule has 0 radical (unpaired) electrons. The predicted molar refractivity (Wildman–Crippen MR) is 88.0 cm³/mol. The van der Waals surface area contributed by atoms with Crippen molar-refractivity contribution >= 4 is 11.9 Å². The zero-order valence-electron chi connectivity index (χ0n) is 13.8. The number of unbranched alkanes of at least 4 members (excludes halogenated alkanes) is 1. The predicted octanol–water partition coefficient (Wildman–Crippen LogP) is 1.64. The van der Waals surface area contributed by atoms with Crippen LogP contribution >= 0.6 is 0 Å². The molecule has 0 aliphatic carbocycles. The molecule has 2 heterocycles. The highest BCUT2D eigenvalue weighted by atomic mass is 16.5. The van der Waals surface area contributed by atoms with Crippen LogP contribution in [0.5, 0.6) is 5.88 Å². The van der Waals surface area contributed by atoms with Crippen molar-refractivity contribution in [2.45, 2.75) is 32.6 Å². The highest BCUT2D eigenvalue weighted by Gasteiger charge is 2.17. The van der Waals surface area contributed by atoms with Gasteiger partial charge in [-0.15, -0.1) is 0 Å². The van der Waals surface area contributed by atoms with Gasteiger partial charge in [-0.1, -0.05) is 0 Å². The molecule has 0 aromatic carbocycles. The second-order valence-electron chi connectivity index (χ2n) is 5.66. The number of hydrogen-bond acceptors (Lipinski definition) is 6. The third-order valence-corrected chi connectivity index (χ3v) is 3.90. The van der Waals surface area contributed by atoms with E-state index in [1.54, 1.807) is 12.3 Å². The normalized spacial score (nSPS) is 16.1. The molecule has 0 saturated carbocycles. The van der Waals surface area contributed by atoms with Gasteiger partial charge in [-0.25, -0.2) is 4.98 Å². The minimum absolute atomic E-state index is 0.262. The van der Waals surface area contributed by atoms with E-state index in [2.05, 4.69) is 19.8 Å². The van der Waals surface area contributed by atoms with Gasteiger partial charge in [0.25, 0.3) is 0 Å². The maximum absolute atomic E-state index is 10.5. The second-order valence-corrected chi connectivity index (χ2v) is 5.66. The lowest BCUT2D eigenvalue weighted by Crippen LogP contribution is -2.32. The summed E-state index contributed by atoms with van der Waals surface area (Å²) in [5.41, 5.74) is 0. The molecule has 1 aromatic rings. The summed E-state index contributed by atoms with van der Waals surface area (Å²) in [7, 11) is 0. The first kappa shape index (κ1) is 17.5. The van der Waals surface area contributed by atoms with Gasteiger partial charge in [0.2, 0.25) is 11.8 Å². The molecule has 7 nitrogen and oxygen atoms in total. The Kier molecular flexibility index (Phi) is 7.06. The molecule has 128 valence electrons. The monoisotopic (exact) mass is 322 g/mol. The van der Waals surface area contributed by atoms with Gasteiger partial charge in [-0.05, 0) is 39.3 Å². The highest BCUT2D eigenvalue weighted by molar-refractivity contribution is 5.66. The summed E-state index contributed by atoms with van der Waals surface area (Å²) < 4.78 is 5.44. The van der Waals surface area contributed by atoms with Crippen molar-refractivity contribution in [1.82, 2.24) is 14.9 Å². The number of carboxylic acids is 1. The SMILES string of the molecule is CCOc1ccnc(N2CCCN(CCCCC(=O)O)CC2)n1. The fourth-order valence-corrected chi connectivity index (χ4v) is 2.72. The zero-order valence-corrected chi connectivity index (χ0v) is 13.8. The van der Waals surface area contributed by atoms with Crippen molar-refractivity contribution in [2.24, 2.45) is 0 Å². The first-order valence-corrected chi connectivity index (χ1v) is 8.34. The average Bonchev–Trinajstić information content (AvgIpc) is 2.78. The molecule has 0 atom stereocenters. The summed E-state index contributed by atoms with van der Waals surface area (Å²) >= 11 is 0. The molecule has 1 aliphatic rings. The zero-order chi connectivity index (χ0) is 16.5. The van der Waals surface area contributed by atoms with Crippen molar-refractivity contribution in [3.63, 3.8) is 0 Å². The Balaban J connectivity index is 1.81. The number of rotatable bonds is 8. The average molecular weight is 322 g/mol. The van der Waals surface area contributed by atoms with Crippen molar-refractivity contribution < 1.29 is 14.6 Å². The second kappa shape index (κ2) is 9.29. The van der Waals surface area contributed by atoms with Crippen molar-refractivity contribution in [2.75, 3.05) is 44.2 Å². The number of aromatic nitrogens is 2. The number of ether oxygens (including phenoxy) is 1. The van der Waals surface area contributed by atoms with Gasteiger partial charge >= 0.3 is 5.97 Å². The maximum atomic E-state index is 10.5. The fraction of sp³-hybridized carbons (Fsp3) is 0.688. The van der Waals surface area contributed by atoms with Gasteiger partial charge in [0, 0.05) is 38.3 Å². The van der Waals surface area contributed by atoms with Gasteiger partial charge in [-0.2, -0.15) is 4.98 Å². The Morgan fingerprint density at radius 2 is 2.17 bits per heavy atom. The molecule has 1 fully saturated rings. The van der Waals surface area contributed by atoms with Crippen LogP contribution in [-0.4, -0.2) is 65.3 Å². The van der Waals surface area contributed by atoms with Crippen LogP contribution in [-0.2, 0) is 4.79 Å². The van der Waals surface area contributed by atoms with Gasteiger partial charge in [0.15, 0.2) is 0 Å². The van der Waals surface area contributed by atoms with E-state index in [4.69, 9.17) is 9.84 Å². The lowest BCUT2D eigenvalue weighted by Gasteiger charge is -2.22. The topological polar surface area (TPSA) is 78.8 Å². The van der Waals surface area contributed by atoms with Crippen LogP contribution < -0.4 is 9.64 Å². The van der Waals surface area contributed by atoms with Crippen LogP contribution in [0.2, 0.25) is 0 Å². The fourth-order valence-electron chi connectivity index (χ4n) is 2.72. The van der Waals surface area contributed by atoms with Crippen molar-refractivity contribution in [1.29, 1.82) is 0 Å². The number of anilines is 1. The molecule has 7 heteroatoms. The Labute approximate surface area is 137 Å². The smallest absolute Gasteiger partial charge is 0.303 e. The summed E-state index contributed by atoms with van der Waals surface area (Å²) in [5, 5.41) is 8.67. The van der Waals surface area contributed by atoms with Crippen LogP contribution in [0.15, 0.2) is 12.3 Å². The minimum atomic E-state index is -0.710. The largest absolute Gasteiger partial charge is 0.481 e. The standard InChI is InChI=1S/C16H26N4O3/c1-2-23-14-7-8-17-16(18-14)20-11-5-10-19(12-13-20)9-4-3-6-15(21)22/h7-8H,2-6,9-13H2,1H3,(H,21,22). The molecule has 0 spiro atoms. The van der Waals surface area contributed by atoms with Crippen LogP contribution in [0, 0.1) is 0 Å². The van der Waals surface area contributed by atoms with E-state index in [1.165, 1.54) is 0 Å². The summed E-state index contributed by atoms with van der Waals surface area (Å²) in [6, 6.07) is 1.78. The summed E-state index contributed by atoms with van der Waals surface area (Å²) in [4.78, 5) is 23.9. The Bertz CT molecular complexity index is 498. The Morgan fingerprint density at radius 3 is 2.96 bits per heavy atom. The minimum Gasteiger partial charge on any atom is -0.481 e. The third kappa shape index (κ3) is 6.02. The lowest BCUT2D eigenvalue weighted by atomic mass is 10.2. The van der Waals surface area contributed by atoms with Gasteiger partial charge in [0.1, 0.15) is 0 Å². The number of carbonyl (C=O) groups is 1. The lowest BCUT2D eigenvalue weighted by molar-refractivity contribution is -0.137. The molecule has 0 unspecified atom stereocenters. The molecule has 23 heavy (non-hydrogen) atoms. The summed E-state index contributed by atoms with van der Waals surface area (Å²) in [5.74, 6) is 0.634. The van der Waals surface area contributed by atoms with Crippen LogP contribution in [0.1, 0.15) is 32.6 Å². The molecule has 1 aliphatic heterocycles. The van der Waals surface area contributed by atoms with E-state index >= 15 is 0 Å². The van der Waals surface area contributed by atoms with Crippen molar-refractivity contribution in [3.8, 4) is 5.88 Å². The Morgan fingerprint density at radius 1 is 1.30 bits per heavy atom. The number of hydrogen-bond donors (Lipinski definition) is 1. The van der Waals surface area contributed by atoms with E-state index in [1.807, 2.05) is 6.92 Å². The highest BCUT2D eigenvalue weighted by Crippen LogP contribution is 2.15. The number of nitrogens with zero attached hydrogens (tertiary/aromatic N) is 4. The number of aliphatic carboxylic acids is 1. The molecular formula is C16H26N4O3. The van der Waals surface area contributed by atoms with E-state index in [0.29, 0.717) is 12.5 Å². The van der Waals surface area contributed by atoms with Crippen LogP contribution in [0.4, 0.5) is 5.95 Å². The van der Waals surface area contributed by atoms with Gasteiger partial charge in [-0.3, -0.25) is 4.79 Å². The Hall–Kier alpha value is -1.89. The molecule has 0 amide bonds. The molecule has 1 aromatic heterocycles. The maximum Gasteiger partial charge on any atom is 0.303 e. The molecular weight excluding hydrogens is 296 g/mol. The third-order valence-electron chi connectivity index (χ3n) is 3.90. The molecule has 2 rings (SSSR count). The summed E-state index contributed by atoms with van der Waals surface area (Å²) in [6.07, 6.45) is 4.73. The first-order valence-electron chi connectivity index (χ1n) is 8.34. The van der Waals surface area contributed by atoms with Gasteiger partial charge < -0.3 is 19.6 Å². The van der Waals surface area contributed by atoms with E-state index in [0.717, 1.165) is 57.9 Å². The van der Waals surface area contributed by atoms with E-state index in [9.17, 15) is 4.79 Å². The number of carboxylic acid groups (broad SMARTS) is 1. The van der Waals surface area contributed by atoms with Gasteiger partial charge in [0.05, 0.1) is 6.61 Å². The van der Waals surface area contributed by atoms with Crippen LogP contribution in [0.3, 0.4) is 0 Å².